The van der Waals surface area contributed by atoms with Crippen LogP contribution < -0.4 is 0 Å². The van der Waals surface area contributed by atoms with Crippen LogP contribution in [0.4, 0.5) is 52.7 Å². The van der Waals surface area contributed by atoms with Crippen LogP contribution in [-0.2, 0) is 66.7 Å². The zero-order valence-corrected chi connectivity index (χ0v) is 56.8. The summed E-state index contributed by atoms with van der Waals surface area (Å²) < 4.78 is 174. The summed E-state index contributed by atoms with van der Waals surface area (Å²) in [6, 6.07) is 0. The van der Waals surface area contributed by atoms with Crippen molar-refractivity contribution in [2.45, 2.75) is 275 Å². The standard InChI is InChI=1S/2C10H18F2O2.C9H15F3O2.C9H16F2O2.2C8H16O2.C7H11F3O2/c2*1-5-9(2,3)8(13)14-7-6-10(4,11)12;1-4-8(2,3)7(13)14-6-5-9(10,11)12;1-4-9(2,3)8(12)13-6-5-7(10)11;2*1-5-8(3,4)7(9)10-6-2;1-4-6(2,3)5(11)12-7(8,9)10/h2*5-7H2,1-4H3;4-6H2,1-3H3;7H,4-6H2,1-3H3;2*5-6H2,1-4H3;4H2,1-3H3. The smallest absolute Gasteiger partial charge is 0.466 e. The van der Waals surface area contributed by atoms with Crippen LogP contribution in [0.5, 0.6) is 0 Å². The fourth-order valence-electron chi connectivity index (χ4n) is 3.83. The third kappa shape index (κ3) is 55.3. The Hall–Kier alpha value is -4.55. The minimum absolute atomic E-state index is 0.0995. The van der Waals surface area contributed by atoms with Gasteiger partial charge in [0.15, 0.2) is 0 Å². The summed E-state index contributed by atoms with van der Waals surface area (Å²) in [4.78, 5) is 77.9. The van der Waals surface area contributed by atoms with E-state index in [0.717, 1.165) is 26.7 Å². The summed E-state index contributed by atoms with van der Waals surface area (Å²) in [5.74, 6) is -8.78. The molecule has 0 spiro atoms. The van der Waals surface area contributed by atoms with E-state index in [1.165, 1.54) is 13.8 Å². The molecule has 14 nitrogen and oxygen atoms in total. The van der Waals surface area contributed by atoms with Gasteiger partial charge in [0.05, 0.1) is 84.0 Å². The molecule has 0 N–H and O–H groups in total. The topological polar surface area (TPSA) is 184 Å². The Morgan fingerprint density at radius 2 is 0.494 bits per heavy atom. The van der Waals surface area contributed by atoms with Gasteiger partial charge in [-0.15, -0.1) is 13.2 Å². The van der Waals surface area contributed by atoms with Crippen molar-refractivity contribution in [3.8, 4) is 0 Å². The Morgan fingerprint density at radius 1 is 0.299 bits per heavy atom. The van der Waals surface area contributed by atoms with E-state index in [0.29, 0.717) is 45.3 Å². The first-order valence-corrected chi connectivity index (χ1v) is 29.2. The normalized spacial score (nSPS) is 12.3. The predicted molar refractivity (Wildman–Crippen MR) is 310 cm³/mol. The SMILES string of the molecule is CCC(C)(C)C(=O)OC(F)(F)F.CCC(C)(C)C(=O)OCCC(C)(F)F.CCC(C)(C)C(=O)OCCC(C)(F)F.CCC(C)(C)C(=O)OCCC(F)(F)F.CCC(C)(C)C(=O)OCCC(F)F.CCOC(=O)C(C)(C)CC.CCOC(=O)C(C)(C)CC. The molecule has 0 aliphatic rings. The van der Waals surface area contributed by atoms with Gasteiger partial charge in [-0.2, -0.15) is 13.2 Å². The van der Waals surface area contributed by atoms with Crippen LogP contribution in [0.3, 0.4) is 0 Å². The van der Waals surface area contributed by atoms with E-state index in [1.54, 1.807) is 69.2 Å². The van der Waals surface area contributed by atoms with E-state index in [4.69, 9.17) is 18.9 Å². The van der Waals surface area contributed by atoms with Gasteiger partial charge in [-0.25, -0.2) is 26.3 Å². The molecule has 0 fully saturated rings. The summed E-state index contributed by atoms with van der Waals surface area (Å²) in [6.45, 7) is 42.0. The third-order valence-electron chi connectivity index (χ3n) is 13.6. The molecule has 87 heavy (non-hydrogen) atoms. The molecule has 0 unspecified atom stereocenters. The molecule has 0 aromatic rings. The molecule has 0 saturated carbocycles. The Bertz CT molecular complexity index is 1780. The van der Waals surface area contributed by atoms with Gasteiger partial charge in [0.25, 0.3) is 0 Å². The van der Waals surface area contributed by atoms with Gasteiger partial charge in [0.1, 0.15) is 0 Å². The monoisotopic (exact) mass is 1290 g/mol. The van der Waals surface area contributed by atoms with E-state index < -0.39 is 114 Å². The van der Waals surface area contributed by atoms with Crippen molar-refractivity contribution in [2.24, 2.45) is 37.9 Å². The summed E-state index contributed by atoms with van der Waals surface area (Å²) in [6.07, 6.45) is -9.44. The Balaban J connectivity index is -0.000000172. The number of hydrogen-bond donors (Lipinski definition) is 0. The minimum Gasteiger partial charge on any atom is -0.466 e. The summed E-state index contributed by atoms with van der Waals surface area (Å²) in [5, 5.41) is 0. The molecule has 522 valence electrons. The first-order valence-electron chi connectivity index (χ1n) is 29.2. The maximum Gasteiger partial charge on any atom is 0.575 e. The van der Waals surface area contributed by atoms with Crippen LogP contribution in [0.1, 0.15) is 244 Å². The van der Waals surface area contributed by atoms with E-state index in [2.05, 4.69) is 14.2 Å². The molecule has 0 aliphatic heterocycles. The van der Waals surface area contributed by atoms with Crippen LogP contribution in [-0.4, -0.2) is 112 Å². The molecule has 0 rings (SSSR count). The summed E-state index contributed by atoms with van der Waals surface area (Å²) in [7, 11) is 0. The van der Waals surface area contributed by atoms with Crippen LogP contribution >= 0.6 is 0 Å². The number of carbonyl (C=O) groups excluding carboxylic acids is 7. The number of ether oxygens (including phenoxy) is 7. The highest BCUT2D eigenvalue weighted by Crippen LogP contribution is 2.29. The molecular formula is C61H110F12O14. The van der Waals surface area contributed by atoms with E-state index >= 15 is 0 Å². The summed E-state index contributed by atoms with van der Waals surface area (Å²) in [5.41, 5.74) is -4.12. The molecule has 0 bridgehead atoms. The number of hydrogen-bond acceptors (Lipinski definition) is 14. The molecule has 0 heterocycles. The van der Waals surface area contributed by atoms with Crippen molar-refractivity contribution < 1.29 is 119 Å². The first kappa shape index (κ1) is 96.1. The van der Waals surface area contributed by atoms with Gasteiger partial charge in [0.2, 0.25) is 18.3 Å². The van der Waals surface area contributed by atoms with Crippen molar-refractivity contribution >= 4 is 41.8 Å². The lowest BCUT2D eigenvalue weighted by Crippen LogP contribution is -2.31. The van der Waals surface area contributed by atoms with Gasteiger partial charge in [-0.05, 0) is 170 Å². The van der Waals surface area contributed by atoms with Crippen LogP contribution in [0.25, 0.3) is 0 Å². The Morgan fingerprint density at radius 3 is 0.667 bits per heavy atom. The summed E-state index contributed by atoms with van der Waals surface area (Å²) >= 11 is 0. The molecule has 0 aromatic carbocycles. The molecule has 0 aromatic heterocycles. The average molecular weight is 1300 g/mol. The van der Waals surface area contributed by atoms with Crippen molar-refractivity contribution in [2.75, 3.05) is 39.6 Å². The maximum atomic E-state index is 12.4. The second-order valence-corrected chi connectivity index (χ2v) is 24.7. The Labute approximate surface area is 512 Å². The van der Waals surface area contributed by atoms with E-state index in [1.807, 2.05) is 76.2 Å². The zero-order valence-electron chi connectivity index (χ0n) is 56.8. The average Bonchev–Trinajstić information content (AvgIpc) is 3.41. The number of alkyl halides is 12. The fourth-order valence-corrected chi connectivity index (χ4v) is 3.83. The largest absolute Gasteiger partial charge is 0.575 e. The van der Waals surface area contributed by atoms with Gasteiger partial charge in [0, 0.05) is 19.3 Å². The molecular weight excluding hydrogens is 1180 g/mol. The lowest BCUT2D eigenvalue weighted by Gasteiger charge is -2.20. The van der Waals surface area contributed by atoms with Crippen molar-refractivity contribution in [1.82, 2.24) is 0 Å². The second kappa shape index (κ2) is 44.0. The van der Waals surface area contributed by atoms with Crippen molar-refractivity contribution in [3.05, 3.63) is 0 Å². The third-order valence-corrected chi connectivity index (χ3v) is 13.6. The van der Waals surface area contributed by atoms with Gasteiger partial charge in [-0.1, -0.05) is 48.5 Å². The quantitative estimate of drug-likeness (QED) is 0.0430. The van der Waals surface area contributed by atoms with Crippen LogP contribution in [0.15, 0.2) is 0 Å². The number of carbonyl (C=O) groups is 7. The maximum absolute atomic E-state index is 12.4. The molecule has 0 atom stereocenters. The van der Waals surface area contributed by atoms with Gasteiger partial charge < -0.3 is 33.2 Å². The Kier molecular flexibility index (Phi) is 48.6. The number of esters is 7. The van der Waals surface area contributed by atoms with Gasteiger partial charge in [-0.3, -0.25) is 33.6 Å². The number of rotatable bonds is 27. The van der Waals surface area contributed by atoms with Gasteiger partial charge >= 0.3 is 54.3 Å². The highest BCUT2D eigenvalue weighted by atomic mass is 19.4. The lowest BCUT2D eigenvalue weighted by atomic mass is 9.91. The molecule has 0 aliphatic carbocycles. The van der Waals surface area contributed by atoms with E-state index in [9.17, 15) is 86.2 Å². The van der Waals surface area contributed by atoms with Crippen LogP contribution in [0.2, 0.25) is 0 Å². The highest BCUT2D eigenvalue weighted by molar-refractivity contribution is 5.78. The molecule has 0 saturated heterocycles. The zero-order chi connectivity index (χ0) is 71.1. The second-order valence-electron chi connectivity index (χ2n) is 24.7. The first-order chi connectivity index (χ1) is 38.7. The molecule has 0 amide bonds. The van der Waals surface area contributed by atoms with Crippen molar-refractivity contribution in [3.63, 3.8) is 0 Å². The minimum atomic E-state index is -4.87. The fraction of sp³-hybridized carbons (Fsp3) is 0.885. The lowest BCUT2D eigenvalue weighted by molar-refractivity contribution is -0.310. The predicted octanol–water partition coefficient (Wildman–Crippen LogP) is 18.0. The number of halogens is 12. The highest BCUT2D eigenvalue weighted by Gasteiger charge is 2.40. The van der Waals surface area contributed by atoms with Crippen LogP contribution in [0, 0.1) is 37.9 Å². The van der Waals surface area contributed by atoms with E-state index in [-0.39, 0.29) is 49.0 Å². The molecule has 0 radical (unpaired) electrons. The van der Waals surface area contributed by atoms with Crippen molar-refractivity contribution in [1.29, 1.82) is 0 Å². The molecule has 26 heteroatoms.